The van der Waals surface area contributed by atoms with Gasteiger partial charge in [-0.05, 0) is 31.2 Å². The van der Waals surface area contributed by atoms with E-state index in [-0.39, 0.29) is 22.5 Å². The number of aromatic amines is 1. The Morgan fingerprint density at radius 2 is 1.64 bits per heavy atom. The van der Waals surface area contributed by atoms with Crippen molar-refractivity contribution in [1.82, 2.24) is 14.9 Å². The van der Waals surface area contributed by atoms with Crippen molar-refractivity contribution in [3.63, 3.8) is 0 Å². The average Bonchev–Trinajstić information content (AvgIpc) is 2.93. The molecule has 28 heavy (non-hydrogen) atoms. The van der Waals surface area contributed by atoms with Crippen LogP contribution in [0.1, 0.15) is 39.6 Å². The zero-order valence-corrected chi connectivity index (χ0v) is 14.8. The molecule has 4 rings (SSSR count). The van der Waals surface area contributed by atoms with Gasteiger partial charge in [0.25, 0.3) is 17.4 Å². The molecular formula is C20H15N3O5. The second-order valence-corrected chi connectivity index (χ2v) is 6.34. The lowest BCUT2D eigenvalue weighted by atomic mass is 10.1. The number of aromatic nitrogens is 2. The molecule has 1 aliphatic heterocycles. The highest BCUT2D eigenvalue weighted by atomic mass is 16.5. The zero-order chi connectivity index (χ0) is 19.8. The molecule has 1 aliphatic rings. The number of para-hydroxylation sites is 1. The number of amides is 2. The van der Waals surface area contributed by atoms with Gasteiger partial charge in [-0.2, -0.15) is 0 Å². The van der Waals surface area contributed by atoms with Gasteiger partial charge in [-0.1, -0.05) is 24.3 Å². The second-order valence-electron chi connectivity index (χ2n) is 6.34. The Hall–Kier alpha value is -3.81. The minimum Gasteiger partial charge on any atom is -0.453 e. The normalized spacial score (nSPS) is 14.2. The van der Waals surface area contributed by atoms with E-state index in [2.05, 4.69) is 9.97 Å². The maximum absolute atomic E-state index is 12.3. The summed E-state index contributed by atoms with van der Waals surface area (Å²) in [6.07, 6.45) is -0.861. The summed E-state index contributed by atoms with van der Waals surface area (Å²) in [6.45, 7) is 1.03. The number of fused-ring (bicyclic) bond motifs is 2. The molecular weight excluding hydrogens is 362 g/mol. The van der Waals surface area contributed by atoms with Gasteiger partial charge < -0.3 is 9.72 Å². The number of carbonyl (C=O) groups is 3. The molecule has 0 bridgehead atoms. The molecule has 0 spiro atoms. The van der Waals surface area contributed by atoms with Crippen molar-refractivity contribution in [2.45, 2.75) is 13.0 Å². The Balaban J connectivity index is 1.50. The maximum atomic E-state index is 12.3. The highest BCUT2D eigenvalue weighted by Gasteiger charge is 2.36. The summed E-state index contributed by atoms with van der Waals surface area (Å²) in [4.78, 5) is 56.8. The van der Waals surface area contributed by atoms with Gasteiger partial charge in [-0.15, -0.1) is 0 Å². The van der Waals surface area contributed by atoms with E-state index < -0.39 is 30.4 Å². The van der Waals surface area contributed by atoms with Crippen LogP contribution in [0.15, 0.2) is 53.3 Å². The van der Waals surface area contributed by atoms with Gasteiger partial charge in [0, 0.05) is 0 Å². The van der Waals surface area contributed by atoms with Crippen LogP contribution in [-0.2, 0) is 9.53 Å². The van der Waals surface area contributed by atoms with Gasteiger partial charge in [0.2, 0.25) is 0 Å². The molecule has 2 aromatic carbocycles. The number of imide groups is 1. The van der Waals surface area contributed by atoms with E-state index >= 15 is 0 Å². The predicted octanol–water partition coefficient (Wildman–Crippen LogP) is 1.82. The summed E-state index contributed by atoms with van der Waals surface area (Å²) in [5, 5.41) is 0.427. The zero-order valence-electron chi connectivity index (χ0n) is 14.8. The number of esters is 1. The predicted molar refractivity (Wildman–Crippen MR) is 98.7 cm³/mol. The van der Waals surface area contributed by atoms with Gasteiger partial charge in [-0.3, -0.25) is 24.1 Å². The van der Waals surface area contributed by atoms with E-state index in [0.29, 0.717) is 10.9 Å². The molecule has 0 aliphatic carbocycles. The second kappa shape index (κ2) is 6.73. The van der Waals surface area contributed by atoms with E-state index in [1.807, 2.05) is 0 Å². The topological polar surface area (TPSA) is 109 Å². The Bertz CT molecular complexity index is 1150. The fourth-order valence-electron chi connectivity index (χ4n) is 3.10. The van der Waals surface area contributed by atoms with Crippen molar-refractivity contribution < 1.29 is 19.1 Å². The summed E-state index contributed by atoms with van der Waals surface area (Å²) in [5.41, 5.74) is 0.649. The lowest BCUT2D eigenvalue weighted by Gasteiger charge is -2.16. The van der Waals surface area contributed by atoms with Crippen LogP contribution in [0.4, 0.5) is 0 Å². The molecule has 1 N–H and O–H groups in total. The number of benzene rings is 2. The van der Waals surface area contributed by atoms with Crippen molar-refractivity contribution >= 4 is 28.7 Å². The highest BCUT2D eigenvalue weighted by molar-refractivity contribution is 6.22. The molecule has 8 nitrogen and oxygen atoms in total. The van der Waals surface area contributed by atoms with Crippen molar-refractivity contribution in [3.05, 3.63) is 75.8 Å². The Kier molecular flexibility index (Phi) is 4.23. The van der Waals surface area contributed by atoms with Crippen molar-refractivity contribution in [2.24, 2.45) is 0 Å². The highest BCUT2D eigenvalue weighted by Crippen LogP contribution is 2.23. The van der Waals surface area contributed by atoms with Gasteiger partial charge in [-0.25, -0.2) is 4.98 Å². The molecule has 0 fully saturated rings. The fourth-order valence-corrected chi connectivity index (χ4v) is 3.10. The molecule has 0 unspecified atom stereocenters. The van der Waals surface area contributed by atoms with Crippen LogP contribution in [0.5, 0.6) is 0 Å². The summed E-state index contributed by atoms with van der Waals surface area (Å²) < 4.78 is 5.28. The first-order chi connectivity index (χ1) is 13.5. The van der Waals surface area contributed by atoms with Gasteiger partial charge in [0.05, 0.1) is 22.0 Å². The number of carbonyl (C=O) groups excluding carboxylic acids is 3. The Morgan fingerprint density at radius 3 is 2.32 bits per heavy atom. The quantitative estimate of drug-likeness (QED) is 0.549. The largest absolute Gasteiger partial charge is 0.453 e. The third-order valence-electron chi connectivity index (χ3n) is 4.49. The first kappa shape index (κ1) is 17.6. The van der Waals surface area contributed by atoms with Crippen LogP contribution in [0.25, 0.3) is 10.9 Å². The number of H-pyrrole nitrogens is 1. The Labute approximate surface area is 158 Å². The number of rotatable bonds is 4. The van der Waals surface area contributed by atoms with Crippen LogP contribution in [0.2, 0.25) is 0 Å². The lowest BCUT2D eigenvalue weighted by molar-refractivity contribution is -0.149. The molecule has 0 saturated heterocycles. The molecule has 0 radical (unpaired) electrons. The van der Waals surface area contributed by atoms with Crippen LogP contribution in [0, 0.1) is 0 Å². The fraction of sp³-hybridized carbons (Fsp3) is 0.150. The first-order valence-corrected chi connectivity index (χ1v) is 8.59. The van der Waals surface area contributed by atoms with Gasteiger partial charge in [0.1, 0.15) is 6.54 Å². The minimum absolute atomic E-state index is 0.180. The summed E-state index contributed by atoms with van der Waals surface area (Å²) in [5.74, 6) is -1.68. The van der Waals surface area contributed by atoms with Crippen molar-refractivity contribution in [3.8, 4) is 0 Å². The van der Waals surface area contributed by atoms with Crippen molar-refractivity contribution in [2.75, 3.05) is 6.54 Å². The van der Waals surface area contributed by atoms with E-state index in [1.165, 1.54) is 12.1 Å². The molecule has 2 amide bonds. The third-order valence-corrected chi connectivity index (χ3v) is 4.49. The van der Waals surface area contributed by atoms with Crippen molar-refractivity contribution in [1.29, 1.82) is 0 Å². The van der Waals surface area contributed by atoms with Gasteiger partial charge >= 0.3 is 5.97 Å². The summed E-state index contributed by atoms with van der Waals surface area (Å²) >= 11 is 0. The first-order valence-electron chi connectivity index (χ1n) is 8.59. The molecule has 0 saturated carbocycles. The molecule has 2 heterocycles. The molecule has 8 heteroatoms. The van der Waals surface area contributed by atoms with Crippen LogP contribution >= 0.6 is 0 Å². The average molecular weight is 377 g/mol. The monoisotopic (exact) mass is 377 g/mol. The molecule has 1 atom stereocenters. The number of nitrogens with one attached hydrogen (secondary N) is 1. The molecule has 3 aromatic rings. The standard InChI is InChI=1S/C20H15N3O5/c1-11(17-21-15-9-5-4-8-14(15)18(25)22-17)28-16(24)10-23-19(26)12-6-2-3-7-13(12)20(23)27/h2-9,11H,10H2,1H3,(H,21,22,25)/t11-/m1/s1. The SMILES string of the molecule is C[C@@H](OC(=O)CN1C(=O)c2ccccc2C1=O)c1nc2ccccc2c(=O)[nH]1. The van der Waals surface area contributed by atoms with Crippen LogP contribution in [0.3, 0.4) is 0 Å². The maximum Gasteiger partial charge on any atom is 0.326 e. The Morgan fingerprint density at radius 1 is 1.04 bits per heavy atom. The number of ether oxygens (including phenoxy) is 1. The van der Waals surface area contributed by atoms with E-state index in [1.54, 1.807) is 43.3 Å². The number of hydrogen-bond acceptors (Lipinski definition) is 6. The van der Waals surface area contributed by atoms with E-state index in [4.69, 9.17) is 4.74 Å². The van der Waals surface area contributed by atoms with Crippen LogP contribution in [-0.4, -0.2) is 39.2 Å². The smallest absolute Gasteiger partial charge is 0.326 e. The number of hydrogen-bond donors (Lipinski definition) is 1. The van der Waals surface area contributed by atoms with E-state index in [0.717, 1.165) is 4.90 Å². The number of nitrogens with zero attached hydrogens (tertiary/aromatic N) is 2. The lowest BCUT2D eigenvalue weighted by Crippen LogP contribution is -2.36. The minimum atomic E-state index is -0.861. The van der Waals surface area contributed by atoms with E-state index in [9.17, 15) is 19.2 Å². The van der Waals surface area contributed by atoms with Gasteiger partial charge in [0.15, 0.2) is 11.9 Å². The summed E-state index contributed by atoms with van der Waals surface area (Å²) in [7, 11) is 0. The third kappa shape index (κ3) is 2.94. The summed E-state index contributed by atoms with van der Waals surface area (Å²) in [6, 6.07) is 13.2. The van der Waals surface area contributed by atoms with Crippen LogP contribution < -0.4 is 5.56 Å². The molecule has 140 valence electrons. The molecule has 1 aromatic heterocycles.